The fourth-order valence-electron chi connectivity index (χ4n) is 2.99. The van der Waals surface area contributed by atoms with Gasteiger partial charge >= 0.3 is 0 Å². The predicted octanol–water partition coefficient (Wildman–Crippen LogP) is 4.60. The third-order valence-electron chi connectivity index (χ3n) is 4.54. The predicted molar refractivity (Wildman–Crippen MR) is 120 cm³/mol. The van der Waals surface area contributed by atoms with Crippen LogP contribution in [-0.2, 0) is 20.7 Å². The van der Waals surface area contributed by atoms with Crippen molar-refractivity contribution in [1.29, 1.82) is 0 Å². The van der Waals surface area contributed by atoms with Crippen molar-refractivity contribution in [2.45, 2.75) is 6.42 Å². The second kappa shape index (κ2) is 8.94. The summed E-state index contributed by atoms with van der Waals surface area (Å²) in [5.41, 5.74) is 4.53. The van der Waals surface area contributed by atoms with Crippen molar-refractivity contribution < 1.29 is 17.3 Å². The molecule has 0 unspecified atom stereocenters. The molecule has 4 rings (SSSR count). The molecule has 0 N–H and O–H groups in total. The quantitative estimate of drug-likeness (QED) is 0.428. The van der Waals surface area contributed by atoms with Gasteiger partial charge in [-0.2, -0.15) is 8.42 Å². The Bertz CT molecular complexity index is 1300. The lowest BCUT2D eigenvalue weighted by atomic mass is 10.0. The van der Waals surface area contributed by atoms with Crippen LogP contribution in [0.5, 0.6) is 5.75 Å². The number of pyridine rings is 1. The van der Waals surface area contributed by atoms with Crippen LogP contribution >= 0.6 is 11.6 Å². The molecule has 1 aliphatic heterocycles. The van der Waals surface area contributed by atoms with Gasteiger partial charge in [-0.3, -0.25) is 4.18 Å². The Morgan fingerprint density at radius 3 is 2.55 bits per heavy atom. The number of halogens is 1. The van der Waals surface area contributed by atoms with E-state index < -0.39 is 10.1 Å². The van der Waals surface area contributed by atoms with Crippen molar-refractivity contribution in [2.24, 2.45) is 0 Å². The smallest absolute Gasteiger partial charge is 0.264 e. The highest BCUT2D eigenvalue weighted by Gasteiger charge is 2.14. The van der Waals surface area contributed by atoms with Crippen LogP contribution in [0.25, 0.3) is 11.1 Å². The Morgan fingerprint density at radius 1 is 1.06 bits per heavy atom. The maximum absolute atomic E-state index is 11.1. The van der Waals surface area contributed by atoms with Crippen LogP contribution in [0.15, 0.2) is 72.6 Å². The van der Waals surface area contributed by atoms with E-state index in [1.807, 2.05) is 60.7 Å². The number of hydrogen-bond donors (Lipinski definition) is 0. The van der Waals surface area contributed by atoms with E-state index in [0.717, 1.165) is 28.5 Å². The first-order valence-corrected chi connectivity index (χ1v) is 11.6. The lowest BCUT2D eigenvalue weighted by molar-refractivity contribution is 0.279. The zero-order valence-corrected chi connectivity index (χ0v) is 18.2. The summed E-state index contributed by atoms with van der Waals surface area (Å²) in [6.07, 6.45) is 5.22. The molecule has 0 radical (unpaired) electrons. The van der Waals surface area contributed by atoms with Gasteiger partial charge in [0, 0.05) is 22.3 Å². The Kier molecular flexibility index (Phi) is 6.10. The molecule has 0 spiro atoms. The highest BCUT2D eigenvalue weighted by molar-refractivity contribution is 7.86. The van der Waals surface area contributed by atoms with Crippen molar-refractivity contribution in [3.63, 3.8) is 0 Å². The number of ether oxygens (including phenoxy) is 1. The van der Waals surface area contributed by atoms with E-state index in [-0.39, 0.29) is 6.61 Å². The molecule has 0 bridgehead atoms. The van der Waals surface area contributed by atoms with Crippen molar-refractivity contribution in [3.8, 4) is 28.7 Å². The first kappa shape index (κ1) is 21.1. The van der Waals surface area contributed by atoms with E-state index in [1.165, 1.54) is 0 Å². The number of nitrogens with zero attached hydrogens (tertiary/aromatic N) is 1. The fourth-order valence-corrected chi connectivity index (χ4v) is 3.45. The number of rotatable bonds is 4. The van der Waals surface area contributed by atoms with Gasteiger partial charge in [0.25, 0.3) is 10.1 Å². The number of aromatic nitrogens is 1. The number of fused-ring (bicyclic) bond motifs is 1. The third kappa shape index (κ3) is 5.74. The molecule has 31 heavy (non-hydrogen) atoms. The molecule has 2 aromatic carbocycles. The minimum Gasteiger partial charge on any atom is -0.459 e. The van der Waals surface area contributed by atoms with Crippen molar-refractivity contribution in [2.75, 3.05) is 12.9 Å². The molecule has 2 heterocycles. The first-order valence-electron chi connectivity index (χ1n) is 9.44. The van der Waals surface area contributed by atoms with E-state index in [0.29, 0.717) is 28.6 Å². The van der Waals surface area contributed by atoms with E-state index in [9.17, 15) is 8.42 Å². The summed E-state index contributed by atoms with van der Waals surface area (Å²) < 4.78 is 32.7. The zero-order chi connectivity index (χ0) is 21.8. The monoisotopic (exact) mass is 451 g/mol. The summed E-state index contributed by atoms with van der Waals surface area (Å²) in [6.45, 7) is -0.114. The van der Waals surface area contributed by atoms with E-state index in [1.54, 1.807) is 6.20 Å². The molecule has 1 aromatic heterocycles. The standard InChI is InChI=1S/C24H18ClNO4S/c1-31(27,28)29-16-23-12-7-19-14-17(3-13-24(19)30-23)2-10-22-11-6-20(15-26-22)18-4-8-21(25)9-5-18/h3-6,8-9,11-15H,7,16H2,1H3. The van der Waals surface area contributed by atoms with Crippen LogP contribution in [0.3, 0.4) is 0 Å². The van der Waals surface area contributed by atoms with Crippen LogP contribution in [0.1, 0.15) is 16.8 Å². The van der Waals surface area contributed by atoms with E-state index >= 15 is 0 Å². The molecule has 0 saturated heterocycles. The highest BCUT2D eigenvalue weighted by Crippen LogP contribution is 2.27. The summed E-state index contributed by atoms with van der Waals surface area (Å²) >= 11 is 5.93. The molecular weight excluding hydrogens is 434 g/mol. The normalized spacial score (nSPS) is 12.8. The highest BCUT2D eigenvalue weighted by atomic mass is 35.5. The Balaban J connectivity index is 1.44. The van der Waals surface area contributed by atoms with E-state index in [2.05, 4.69) is 16.8 Å². The lowest BCUT2D eigenvalue weighted by Gasteiger charge is -2.18. The van der Waals surface area contributed by atoms with E-state index in [4.69, 9.17) is 20.5 Å². The molecule has 1 aliphatic rings. The van der Waals surface area contributed by atoms with Gasteiger partial charge in [0.2, 0.25) is 0 Å². The molecule has 3 aromatic rings. The van der Waals surface area contributed by atoms with Crippen molar-refractivity contribution >= 4 is 21.7 Å². The van der Waals surface area contributed by atoms with Gasteiger partial charge in [-0.15, -0.1) is 0 Å². The molecule has 0 atom stereocenters. The Morgan fingerprint density at radius 2 is 1.84 bits per heavy atom. The minimum absolute atomic E-state index is 0.114. The van der Waals surface area contributed by atoms with Gasteiger partial charge < -0.3 is 4.74 Å². The lowest BCUT2D eigenvalue weighted by Crippen LogP contribution is -2.13. The molecule has 0 aliphatic carbocycles. The van der Waals surface area contributed by atoms with Gasteiger partial charge in [-0.1, -0.05) is 35.7 Å². The van der Waals surface area contributed by atoms with Crippen LogP contribution in [0.2, 0.25) is 5.02 Å². The van der Waals surface area contributed by atoms with Crippen LogP contribution < -0.4 is 4.74 Å². The average Bonchev–Trinajstić information content (AvgIpc) is 2.76. The Labute approximate surface area is 186 Å². The molecule has 5 nitrogen and oxygen atoms in total. The van der Waals surface area contributed by atoms with Gasteiger partial charge in [0.15, 0.2) is 0 Å². The van der Waals surface area contributed by atoms with Gasteiger partial charge in [-0.25, -0.2) is 4.98 Å². The summed E-state index contributed by atoms with van der Waals surface area (Å²) in [6, 6.07) is 17.1. The van der Waals surface area contributed by atoms with Gasteiger partial charge in [0.05, 0.1) is 6.26 Å². The minimum atomic E-state index is -3.51. The number of allylic oxidation sites excluding steroid dienone is 1. The zero-order valence-electron chi connectivity index (χ0n) is 16.6. The van der Waals surface area contributed by atoms with Crippen molar-refractivity contribution in [1.82, 2.24) is 4.98 Å². The summed E-state index contributed by atoms with van der Waals surface area (Å²) in [4.78, 5) is 4.43. The SMILES string of the molecule is CS(=O)(=O)OCC1=CCc2cc(C#Cc3ccc(-c4ccc(Cl)cc4)cn3)ccc2O1. The molecule has 7 heteroatoms. The average molecular weight is 452 g/mol. The van der Waals surface area contributed by atoms with Crippen LogP contribution in [0, 0.1) is 11.8 Å². The molecular formula is C24H18ClNO4S. The summed E-state index contributed by atoms with van der Waals surface area (Å²) in [7, 11) is -3.51. The maximum Gasteiger partial charge on any atom is 0.264 e. The summed E-state index contributed by atoms with van der Waals surface area (Å²) in [5, 5.41) is 0.698. The number of benzene rings is 2. The maximum atomic E-state index is 11.1. The Hall–Kier alpha value is -3.11. The summed E-state index contributed by atoms with van der Waals surface area (Å²) in [5.74, 6) is 7.35. The third-order valence-corrected chi connectivity index (χ3v) is 5.34. The topological polar surface area (TPSA) is 65.5 Å². The number of hydrogen-bond acceptors (Lipinski definition) is 5. The molecule has 0 saturated carbocycles. The second-order valence-corrected chi connectivity index (χ2v) is 9.03. The fraction of sp³-hybridized carbons (Fsp3) is 0.125. The second-order valence-electron chi connectivity index (χ2n) is 6.95. The first-order chi connectivity index (χ1) is 14.9. The molecule has 156 valence electrons. The van der Waals surface area contributed by atoms with Crippen molar-refractivity contribution in [3.05, 3.63) is 94.5 Å². The molecule has 0 fully saturated rings. The van der Waals surface area contributed by atoms with Crippen LogP contribution in [0.4, 0.5) is 0 Å². The van der Waals surface area contributed by atoms with Gasteiger partial charge in [-0.05, 0) is 65.9 Å². The largest absolute Gasteiger partial charge is 0.459 e. The van der Waals surface area contributed by atoms with Gasteiger partial charge in [0.1, 0.15) is 23.8 Å². The van der Waals surface area contributed by atoms with Crippen LogP contribution in [-0.4, -0.2) is 26.3 Å². The molecule has 0 amide bonds.